The van der Waals surface area contributed by atoms with Gasteiger partial charge in [-0.15, -0.1) is 11.3 Å². The predicted molar refractivity (Wildman–Crippen MR) is 48.6 cm³/mol. The van der Waals surface area contributed by atoms with Crippen molar-refractivity contribution in [3.05, 3.63) is 16.6 Å². The normalized spacial score (nSPS) is 12.3. The third-order valence-corrected chi connectivity index (χ3v) is 2.21. The number of aromatic nitrogens is 1. The Bertz CT molecular complexity index is 250. The molecule has 1 atom stereocenters. The highest BCUT2D eigenvalue weighted by Crippen LogP contribution is 2.02. The molecule has 1 aromatic rings. The van der Waals surface area contributed by atoms with Crippen LogP contribution in [0.1, 0.15) is 11.9 Å². The van der Waals surface area contributed by atoms with Crippen molar-refractivity contribution in [1.29, 1.82) is 5.26 Å². The molecule has 0 fully saturated rings. The number of nitriles is 1. The van der Waals surface area contributed by atoms with Crippen LogP contribution in [0.5, 0.6) is 0 Å². The van der Waals surface area contributed by atoms with Gasteiger partial charge in [-0.3, -0.25) is 0 Å². The molecule has 0 bridgehead atoms. The average Bonchev–Trinajstić information content (AvgIpc) is 2.57. The quantitative estimate of drug-likeness (QED) is 0.763. The zero-order chi connectivity index (χ0) is 8.81. The van der Waals surface area contributed by atoms with Crippen LogP contribution < -0.4 is 5.32 Å². The first kappa shape index (κ1) is 9.17. The number of nitrogens with zero attached hydrogens (tertiary/aromatic N) is 2. The molecule has 1 N–H and O–H groups in total. The van der Waals surface area contributed by atoms with Gasteiger partial charge in [-0.2, -0.15) is 5.26 Å². The van der Waals surface area contributed by atoms with Crippen LogP contribution in [0.25, 0.3) is 0 Å². The first-order valence-corrected chi connectivity index (χ1v) is 4.69. The smallest absolute Gasteiger partial charge is 0.106 e. The Labute approximate surface area is 76.1 Å². The maximum absolute atomic E-state index is 8.49. The van der Waals surface area contributed by atoms with Gasteiger partial charge in [-0.25, -0.2) is 4.98 Å². The van der Waals surface area contributed by atoms with E-state index in [1.54, 1.807) is 17.5 Å². The highest BCUT2D eigenvalue weighted by molar-refractivity contribution is 7.09. The van der Waals surface area contributed by atoms with Gasteiger partial charge in [0.05, 0.1) is 12.0 Å². The summed E-state index contributed by atoms with van der Waals surface area (Å²) >= 11 is 1.63. The lowest BCUT2D eigenvalue weighted by Crippen LogP contribution is -2.19. The molecular weight excluding hydrogens is 170 g/mol. The zero-order valence-corrected chi connectivity index (χ0v) is 7.77. The number of thiazole rings is 1. The highest BCUT2D eigenvalue weighted by atomic mass is 32.1. The van der Waals surface area contributed by atoms with Gasteiger partial charge in [-0.05, 0) is 6.92 Å². The fourth-order valence-corrected chi connectivity index (χ4v) is 1.37. The molecule has 12 heavy (non-hydrogen) atoms. The van der Waals surface area contributed by atoms with Crippen molar-refractivity contribution in [2.24, 2.45) is 5.92 Å². The average molecular weight is 181 g/mol. The highest BCUT2D eigenvalue weighted by Gasteiger charge is 1.99. The summed E-state index contributed by atoms with van der Waals surface area (Å²) < 4.78 is 0. The summed E-state index contributed by atoms with van der Waals surface area (Å²) in [5.41, 5.74) is 0. The SMILES string of the molecule is CC(C#N)CNCc1nccs1. The van der Waals surface area contributed by atoms with Crippen LogP contribution in [0.3, 0.4) is 0 Å². The van der Waals surface area contributed by atoms with Gasteiger partial charge in [0.25, 0.3) is 0 Å². The summed E-state index contributed by atoms with van der Waals surface area (Å²) in [6, 6.07) is 2.17. The zero-order valence-electron chi connectivity index (χ0n) is 6.95. The molecule has 1 aromatic heterocycles. The summed E-state index contributed by atoms with van der Waals surface area (Å²) in [6.07, 6.45) is 1.79. The Balaban J connectivity index is 2.16. The fraction of sp³-hybridized carbons (Fsp3) is 0.500. The van der Waals surface area contributed by atoms with Crippen LogP contribution in [-0.2, 0) is 6.54 Å². The summed E-state index contributed by atoms with van der Waals surface area (Å²) in [5.74, 6) is 0.0740. The standard InChI is InChI=1S/C8H11N3S/c1-7(4-9)5-10-6-8-11-2-3-12-8/h2-3,7,10H,5-6H2,1H3. The van der Waals surface area contributed by atoms with Gasteiger partial charge >= 0.3 is 0 Å². The molecule has 64 valence electrons. The molecule has 3 nitrogen and oxygen atoms in total. The molecule has 0 saturated heterocycles. The number of hydrogen-bond acceptors (Lipinski definition) is 4. The Morgan fingerprint density at radius 2 is 2.67 bits per heavy atom. The molecule has 0 amide bonds. The van der Waals surface area contributed by atoms with Crippen LogP contribution in [0.2, 0.25) is 0 Å². The second-order valence-corrected chi connectivity index (χ2v) is 3.57. The number of hydrogen-bond donors (Lipinski definition) is 1. The van der Waals surface area contributed by atoms with Crippen LogP contribution in [0.4, 0.5) is 0 Å². The van der Waals surface area contributed by atoms with E-state index in [0.717, 1.165) is 18.1 Å². The Hall–Kier alpha value is -0.920. The lowest BCUT2D eigenvalue weighted by molar-refractivity contribution is 0.600. The topological polar surface area (TPSA) is 48.7 Å². The van der Waals surface area contributed by atoms with E-state index in [1.165, 1.54) is 0 Å². The maximum Gasteiger partial charge on any atom is 0.106 e. The van der Waals surface area contributed by atoms with Gasteiger partial charge in [0, 0.05) is 24.7 Å². The Morgan fingerprint density at radius 3 is 3.25 bits per heavy atom. The van der Waals surface area contributed by atoms with E-state index in [1.807, 2.05) is 12.3 Å². The van der Waals surface area contributed by atoms with Crippen molar-refractivity contribution >= 4 is 11.3 Å². The van der Waals surface area contributed by atoms with Crippen molar-refractivity contribution in [3.8, 4) is 6.07 Å². The van der Waals surface area contributed by atoms with Crippen molar-refractivity contribution < 1.29 is 0 Å². The van der Waals surface area contributed by atoms with E-state index in [0.29, 0.717) is 0 Å². The molecule has 1 unspecified atom stereocenters. The third kappa shape index (κ3) is 2.99. The molecule has 0 saturated carbocycles. The molecule has 0 aliphatic rings. The first-order chi connectivity index (χ1) is 5.83. The van der Waals surface area contributed by atoms with Crippen molar-refractivity contribution in [1.82, 2.24) is 10.3 Å². The minimum atomic E-state index is 0.0740. The summed E-state index contributed by atoms with van der Waals surface area (Å²) in [5, 5.41) is 14.7. The van der Waals surface area contributed by atoms with Crippen LogP contribution in [0, 0.1) is 17.2 Å². The van der Waals surface area contributed by atoms with Crippen LogP contribution >= 0.6 is 11.3 Å². The summed E-state index contributed by atoms with van der Waals surface area (Å²) in [4.78, 5) is 4.11. The third-order valence-electron chi connectivity index (χ3n) is 1.43. The van der Waals surface area contributed by atoms with Gasteiger partial charge < -0.3 is 5.32 Å². The minimum absolute atomic E-state index is 0.0740. The van der Waals surface area contributed by atoms with Crippen molar-refractivity contribution in [2.45, 2.75) is 13.5 Å². The minimum Gasteiger partial charge on any atom is -0.309 e. The van der Waals surface area contributed by atoms with Gasteiger partial charge in [0.1, 0.15) is 5.01 Å². The monoisotopic (exact) mass is 181 g/mol. The van der Waals surface area contributed by atoms with Gasteiger partial charge in [0.15, 0.2) is 0 Å². The van der Waals surface area contributed by atoms with E-state index in [4.69, 9.17) is 5.26 Å². The molecule has 0 aliphatic carbocycles. The predicted octanol–water partition coefficient (Wildman–Crippen LogP) is 1.39. The Kier molecular flexibility index (Phi) is 3.71. The lowest BCUT2D eigenvalue weighted by atomic mass is 10.2. The summed E-state index contributed by atoms with van der Waals surface area (Å²) in [6.45, 7) is 3.40. The molecule has 0 spiro atoms. The van der Waals surface area contributed by atoms with Gasteiger partial charge in [-0.1, -0.05) is 0 Å². The molecule has 0 radical (unpaired) electrons. The molecule has 1 rings (SSSR count). The number of nitrogens with one attached hydrogen (secondary N) is 1. The van der Waals surface area contributed by atoms with E-state index in [9.17, 15) is 0 Å². The largest absolute Gasteiger partial charge is 0.309 e. The van der Waals surface area contributed by atoms with Crippen molar-refractivity contribution in [2.75, 3.05) is 6.54 Å². The molecule has 0 aromatic carbocycles. The second kappa shape index (κ2) is 4.86. The molecular formula is C8H11N3S. The van der Waals surface area contributed by atoms with Crippen LogP contribution in [0.15, 0.2) is 11.6 Å². The van der Waals surface area contributed by atoms with E-state index in [-0.39, 0.29) is 5.92 Å². The second-order valence-electron chi connectivity index (χ2n) is 2.59. The molecule has 1 heterocycles. The van der Waals surface area contributed by atoms with E-state index in [2.05, 4.69) is 16.4 Å². The van der Waals surface area contributed by atoms with E-state index >= 15 is 0 Å². The van der Waals surface area contributed by atoms with Crippen LogP contribution in [-0.4, -0.2) is 11.5 Å². The lowest BCUT2D eigenvalue weighted by Gasteiger charge is -2.02. The maximum atomic E-state index is 8.49. The van der Waals surface area contributed by atoms with E-state index < -0.39 is 0 Å². The first-order valence-electron chi connectivity index (χ1n) is 3.81. The molecule has 0 aliphatic heterocycles. The van der Waals surface area contributed by atoms with Gasteiger partial charge in [0.2, 0.25) is 0 Å². The number of rotatable bonds is 4. The molecule has 4 heteroatoms. The Morgan fingerprint density at radius 1 is 1.83 bits per heavy atom. The van der Waals surface area contributed by atoms with Crippen molar-refractivity contribution in [3.63, 3.8) is 0 Å². The summed E-state index contributed by atoms with van der Waals surface area (Å²) in [7, 11) is 0. The fourth-order valence-electron chi connectivity index (χ4n) is 0.782.